The van der Waals surface area contributed by atoms with Gasteiger partial charge in [0.05, 0.1) is 6.54 Å². The first-order valence-corrected chi connectivity index (χ1v) is 6.17. The number of nitrogens with zero attached hydrogens (tertiary/aromatic N) is 4. The Labute approximate surface area is 120 Å². The van der Waals surface area contributed by atoms with Gasteiger partial charge in [0.25, 0.3) is 11.7 Å². The molecule has 1 amide bonds. The zero-order chi connectivity index (χ0) is 15.6. The zero-order valence-electron chi connectivity index (χ0n) is 11.8. The van der Waals surface area contributed by atoms with Crippen molar-refractivity contribution in [2.75, 3.05) is 13.7 Å². The topological polar surface area (TPSA) is 119 Å². The highest BCUT2D eigenvalue weighted by Crippen LogP contribution is 2.05. The number of methoxy groups -OCH3 is 1. The molecule has 0 saturated heterocycles. The van der Waals surface area contributed by atoms with Crippen LogP contribution in [0.3, 0.4) is 0 Å². The van der Waals surface area contributed by atoms with Gasteiger partial charge in [-0.1, -0.05) is 0 Å². The molecule has 9 nitrogen and oxygen atoms in total. The molecule has 0 aromatic carbocycles. The van der Waals surface area contributed by atoms with Crippen molar-refractivity contribution in [1.29, 1.82) is 0 Å². The molecule has 9 heteroatoms. The number of carbonyl (C=O) groups is 2. The number of fused-ring (bicyclic) bond motifs is 1. The van der Waals surface area contributed by atoms with Crippen molar-refractivity contribution < 1.29 is 19.4 Å². The zero-order valence-corrected chi connectivity index (χ0v) is 11.8. The second-order valence-corrected chi connectivity index (χ2v) is 4.46. The van der Waals surface area contributed by atoms with Crippen molar-refractivity contribution in [3.05, 3.63) is 23.3 Å². The minimum atomic E-state index is -1.16. The summed E-state index contributed by atoms with van der Waals surface area (Å²) in [6.45, 7) is 3.46. The standard InChI is InChI=1S/C12H15N5O4/c1-6-4-7(2)17-12(14-6)15-9(16-17)10(18)13-5-8(21-3)11(19)20/h4,8H,5H2,1-3H3,(H,13,18)(H,19,20). The summed E-state index contributed by atoms with van der Waals surface area (Å²) in [5.41, 5.74) is 1.56. The first-order valence-electron chi connectivity index (χ1n) is 6.17. The Morgan fingerprint density at radius 2 is 2.14 bits per heavy atom. The summed E-state index contributed by atoms with van der Waals surface area (Å²) in [5.74, 6) is -1.50. The number of aryl methyl sites for hydroxylation is 2. The molecule has 0 saturated carbocycles. The van der Waals surface area contributed by atoms with Gasteiger partial charge in [-0.15, -0.1) is 5.10 Å². The molecular weight excluding hydrogens is 278 g/mol. The van der Waals surface area contributed by atoms with Gasteiger partial charge in [-0.25, -0.2) is 14.3 Å². The molecule has 0 aliphatic carbocycles. The Morgan fingerprint density at radius 3 is 2.76 bits per heavy atom. The van der Waals surface area contributed by atoms with Crippen molar-refractivity contribution in [3.8, 4) is 0 Å². The molecule has 1 atom stereocenters. The number of nitrogens with one attached hydrogen (secondary N) is 1. The fraction of sp³-hybridized carbons (Fsp3) is 0.417. The third-order valence-electron chi connectivity index (χ3n) is 2.83. The predicted octanol–water partition coefficient (Wildman–Crippen LogP) is -0.429. The Hall–Kier alpha value is -2.55. The van der Waals surface area contributed by atoms with Crippen LogP contribution in [-0.4, -0.2) is 56.3 Å². The summed E-state index contributed by atoms with van der Waals surface area (Å²) >= 11 is 0. The third kappa shape index (κ3) is 3.14. The maximum atomic E-state index is 11.9. The summed E-state index contributed by atoms with van der Waals surface area (Å²) in [4.78, 5) is 30.9. The molecule has 2 aromatic rings. The molecule has 0 fully saturated rings. The maximum absolute atomic E-state index is 11.9. The van der Waals surface area contributed by atoms with E-state index >= 15 is 0 Å². The van der Waals surface area contributed by atoms with Crippen LogP contribution in [0.4, 0.5) is 0 Å². The summed E-state index contributed by atoms with van der Waals surface area (Å²) in [6, 6.07) is 1.81. The Balaban J connectivity index is 2.16. The summed E-state index contributed by atoms with van der Waals surface area (Å²) in [6.07, 6.45) is -1.12. The average Bonchev–Trinajstić information content (AvgIpc) is 2.83. The Kier molecular flexibility index (Phi) is 4.13. The van der Waals surface area contributed by atoms with Gasteiger partial charge in [0.2, 0.25) is 5.82 Å². The maximum Gasteiger partial charge on any atom is 0.334 e. The van der Waals surface area contributed by atoms with Gasteiger partial charge in [0.15, 0.2) is 6.10 Å². The van der Waals surface area contributed by atoms with Crippen molar-refractivity contribution in [1.82, 2.24) is 24.9 Å². The van der Waals surface area contributed by atoms with E-state index in [9.17, 15) is 9.59 Å². The number of ether oxygens (including phenoxy) is 1. The molecule has 0 radical (unpaired) electrons. The van der Waals surface area contributed by atoms with E-state index in [-0.39, 0.29) is 12.4 Å². The monoisotopic (exact) mass is 293 g/mol. The number of hydrogen-bond acceptors (Lipinski definition) is 6. The van der Waals surface area contributed by atoms with E-state index < -0.39 is 18.0 Å². The Bertz CT molecular complexity index is 696. The molecule has 112 valence electrons. The van der Waals surface area contributed by atoms with Gasteiger partial charge >= 0.3 is 5.97 Å². The summed E-state index contributed by atoms with van der Waals surface area (Å²) < 4.78 is 6.17. The van der Waals surface area contributed by atoms with E-state index in [0.29, 0.717) is 5.78 Å². The lowest BCUT2D eigenvalue weighted by atomic mass is 10.3. The fourth-order valence-corrected chi connectivity index (χ4v) is 1.80. The SMILES string of the molecule is COC(CNC(=O)c1nc2nc(C)cc(C)n2n1)C(=O)O. The molecule has 0 bridgehead atoms. The molecule has 2 N–H and O–H groups in total. The van der Waals surface area contributed by atoms with Crippen LogP contribution in [-0.2, 0) is 9.53 Å². The largest absolute Gasteiger partial charge is 0.479 e. The lowest BCUT2D eigenvalue weighted by molar-refractivity contribution is -0.148. The van der Waals surface area contributed by atoms with Crippen molar-refractivity contribution >= 4 is 17.7 Å². The van der Waals surface area contributed by atoms with Crippen LogP contribution < -0.4 is 5.32 Å². The first-order chi connectivity index (χ1) is 9.92. The van der Waals surface area contributed by atoms with Gasteiger partial charge in [-0.3, -0.25) is 4.79 Å². The molecule has 0 aliphatic rings. The number of rotatable bonds is 5. The van der Waals surface area contributed by atoms with Crippen LogP contribution in [0.5, 0.6) is 0 Å². The average molecular weight is 293 g/mol. The molecule has 0 spiro atoms. The van der Waals surface area contributed by atoms with Crippen LogP contribution in [0.15, 0.2) is 6.07 Å². The number of amides is 1. The predicted molar refractivity (Wildman–Crippen MR) is 71.0 cm³/mol. The second-order valence-electron chi connectivity index (χ2n) is 4.46. The van der Waals surface area contributed by atoms with Crippen LogP contribution in [0.25, 0.3) is 5.78 Å². The molecular formula is C12H15N5O4. The number of aromatic nitrogens is 4. The lowest BCUT2D eigenvalue weighted by Crippen LogP contribution is -2.38. The molecule has 0 aliphatic heterocycles. The number of hydrogen-bond donors (Lipinski definition) is 2. The van der Waals surface area contributed by atoms with Gasteiger partial charge in [-0.2, -0.15) is 4.98 Å². The van der Waals surface area contributed by atoms with Gasteiger partial charge in [0, 0.05) is 18.5 Å². The fourth-order valence-electron chi connectivity index (χ4n) is 1.80. The molecule has 1 unspecified atom stereocenters. The van der Waals surface area contributed by atoms with Gasteiger partial charge in [-0.05, 0) is 19.9 Å². The molecule has 2 aromatic heterocycles. The van der Waals surface area contributed by atoms with Crippen LogP contribution in [0, 0.1) is 13.8 Å². The van der Waals surface area contributed by atoms with Crippen molar-refractivity contribution in [2.45, 2.75) is 20.0 Å². The summed E-state index contributed by atoms with van der Waals surface area (Å²) in [7, 11) is 1.25. The number of carboxylic acid groups (broad SMARTS) is 1. The summed E-state index contributed by atoms with van der Waals surface area (Å²) in [5, 5.41) is 15.3. The van der Waals surface area contributed by atoms with Crippen molar-refractivity contribution in [2.24, 2.45) is 0 Å². The van der Waals surface area contributed by atoms with E-state index in [1.807, 2.05) is 19.9 Å². The van der Waals surface area contributed by atoms with Crippen LogP contribution in [0.1, 0.15) is 22.0 Å². The quantitative estimate of drug-likeness (QED) is 0.767. The van der Waals surface area contributed by atoms with E-state index in [0.717, 1.165) is 11.4 Å². The van der Waals surface area contributed by atoms with Gasteiger partial charge < -0.3 is 15.2 Å². The second kappa shape index (κ2) is 5.83. The Morgan fingerprint density at radius 1 is 1.43 bits per heavy atom. The van der Waals surface area contributed by atoms with Crippen LogP contribution in [0.2, 0.25) is 0 Å². The molecule has 2 rings (SSSR count). The van der Waals surface area contributed by atoms with E-state index in [4.69, 9.17) is 9.84 Å². The van der Waals surface area contributed by atoms with E-state index in [2.05, 4.69) is 20.4 Å². The minimum Gasteiger partial charge on any atom is -0.479 e. The molecule has 2 heterocycles. The highest BCUT2D eigenvalue weighted by Gasteiger charge is 2.20. The number of carboxylic acids is 1. The van der Waals surface area contributed by atoms with Crippen LogP contribution >= 0.6 is 0 Å². The highest BCUT2D eigenvalue weighted by atomic mass is 16.5. The smallest absolute Gasteiger partial charge is 0.334 e. The first kappa shape index (κ1) is 14.9. The lowest BCUT2D eigenvalue weighted by Gasteiger charge is -2.10. The normalized spacial score (nSPS) is 12.3. The molecule has 21 heavy (non-hydrogen) atoms. The van der Waals surface area contributed by atoms with E-state index in [1.54, 1.807) is 0 Å². The number of carbonyl (C=O) groups excluding carboxylic acids is 1. The highest BCUT2D eigenvalue weighted by molar-refractivity contribution is 5.91. The van der Waals surface area contributed by atoms with Crippen molar-refractivity contribution in [3.63, 3.8) is 0 Å². The number of aliphatic carboxylic acids is 1. The minimum absolute atomic E-state index is 0.0727. The van der Waals surface area contributed by atoms with E-state index in [1.165, 1.54) is 11.6 Å². The third-order valence-corrected chi connectivity index (χ3v) is 2.83. The van der Waals surface area contributed by atoms with Gasteiger partial charge in [0.1, 0.15) is 0 Å².